The van der Waals surface area contributed by atoms with Gasteiger partial charge in [0.15, 0.2) is 0 Å². The van der Waals surface area contributed by atoms with Gasteiger partial charge in [-0.05, 0) is 99.4 Å². The Hall–Kier alpha value is -5.72. The zero-order chi connectivity index (χ0) is 29.0. The average molecular weight is 557 g/mol. The third kappa shape index (κ3) is 3.71. The zero-order valence-electron chi connectivity index (χ0n) is 24.2. The van der Waals surface area contributed by atoms with E-state index in [4.69, 9.17) is 0 Å². The molecule has 0 unspecified atom stereocenters. The van der Waals surface area contributed by atoms with E-state index in [1.54, 1.807) is 0 Å². The topological polar surface area (TPSA) is 0 Å². The Morgan fingerprint density at radius 1 is 0.205 bits per heavy atom. The summed E-state index contributed by atoms with van der Waals surface area (Å²) >= 11 is 0. The first kappa shape index (κ1) is 24.8. The van der Waals surface area contributed by atoms with E-state index < -0.39 is 0 Å². The number of benzene rings is 9. The largest absolute Gasteiger partial charge is 0.0622 e. The molecule has 9 aromatic rings. The van der Waals surface area contributed by atoms with Crippen LogP contribution in [-0.4, -0.2) is 0 Å². The Labute approximate surface area is 256 Å². The van der Waals surface area contributed by atoms with Gasteiger partial charge in [0.2, 0.25) is 0 Å². The number of fused-ring (bicyclic) bond motifs is 7. The Morgan fingerprint density at radius 2 is 0.545 bits per heavy atom. The second-order valence-electron chi connectivity index (χ2n) is 11.6. The minimum Gasteiger partial charge on any atom is -0.0622 e. The van der Waals surface area contributed by atoms with Gasteiger partial charge in [0.05, 0.1) is 0 Å². The number of hydrogen-bond donors (Lipinski definition) is 0. The lowest BCUT2D eigenvalue weighted by Crippen LogP contribution is -1.93. The second kappa shape index (κ2) is 9.93. The Morgan fingerprint density at radius 3 is 1.05 bits per heavy atom. The standard InChI is InChI=1S/C44H28/c1-3-15-29(16-4-1)39-27-40-33-21-9-10-22-34(33)42(28-41(40)32-20-8-7-19-31(32)39)44-37-25-13-11-23-35(37)43(30-17-5-2-6-18-30)36-24-12-14-26-38(36)44/h1-28H. The van der Waals surface area contributed by atoms with E-state index in [0.717, 1.165) is 0 Å². The second-order valence-corrected chi connectivity index (χ2v) is 11.6. The third-order valence-electron chi connectivity index (χ3n) is 9.23. The molecule has 0 aliphatic carbocycles. The Kier molecular flexibility index (Phi) is 5.61. The molecule has 0 fully saturated rings. The van der Waals surface area contributed by atoms with Crippen LogP contribution >= 0.6 is 0 Å². The minimum atomic E-state index is 1.24. The fourth-order valence-corrected chi connectivity index (χ4v) is 7.35. The van der Waals surface area contributed by atoms with E-state index in [1.807, 2.05) is 0 Å². The molecule has 0 heterocycles. The minimum absolute atomic E-state index is 1.24. The zero-order valence-corrected chi connectivity index (χ0v) is 24.2. The molecule has 0 aliphatic rings. The predicted molar refractivity (Wildman–Crippen MR) is 190 cm³/mol. The fraction of sp³-hybridized carbons (Fsp3) is 0. The highest BCUT2D eigenvalue weighted by Crippen LogP contribution is 2.47. The maximum atomic E-state index is 2.46. The maximum absolute atomic E-state index is 2.46. The smallest absolute Gasteiger partial charge is 0.00199 e. The lowest BCUT2D eigenvalue weighted by Gasteiger charge is -2.20. The third-order valence-corrected chi connectivity index (χ3v) is 9.23. The van der Waals surface area contributed by atoms with Crippen LogP contribution in [0, 0.1) is 0 Å². The predicted octanol–water partition coefficient (Wildman–Crippen LogP) is 12.5. The SMILES string of the molecule is c1ccc(-c2c3ccccc3c(-c3cc4c5ccccc5c(-c5ccccc5)cc4c4ccccc34)c3ccccc23)cc1. The number of rotatable bonds is 3. The van der Waals surface area contributed by atoms with Gasteiger partial charge in [0, 0.05) is 0 Å². The van der Waals surface area contributed by atoms with Crippen molar-refractivity contribution in [2.75, 3.05) is 0 Å². The fourth-order valence-electron chi connectivity index (χ4n) is 7.35. The Bertz CT molecular complexity index is 2470. The summed E-state index contributed by atoms with van der Waals surface area (Å²) in [6, 6.07) is 62.2. The summed E-state index contributed by atoms with van der Waals surface area (Å²) in [5.74, 6) is 0. The molecule has 0 atom stereocenters. The van der Waals surface area contributed by atoms with Gasteiger partial charge in [-0.15, -0.1) is 0 Å². The molecule has 0 N–H and O–H groups in total. The normalized spacial score (nSPS) is 11.6. The maximum Gasteiger partial charge on any atom is -0.00199 e. The van der Waals surface area contributed by atoms with Gasteiger partial charge >= 0.3 is 0 Å². The molecular formula is C44H28. The van der Waals surface area contributed by atoms with Crippen LogP contribution in [0.4, 0.5) is 0 Å². The first-order valence-electron chi connectivity index (χ1n) is 15.3. The molecule has 0 heteroatoms. The molecule has 9 rings (SSSR count). The van der Waals surface area contributed by atoms with Crippen LogP contribution in [0.3, 0.4) is 0 Å². The van der Waals surface area contributed by atoms with E-state index in [9.17, 15) is 0 Å². The summed E-state index contributed by atoms with van der Waals surface area (Å²) in [4.78, 5) is 0. The van der Waals surface area contributed by atoms with Crippen molar-refractivity contribution in [3.63, 3.8) is 0 Å². The van der Waals surface area contributed by atoms with Crippen LogP contribution in [0.1, 0.15) is 0 Å². The molecule has 44 heavy (non-hydrogen) atoms. The highest BCUT2D eigenvalue weighted by Gasteiger charge is 2.20. The summed E-state index contributed by atoms with van der Waals surface area (Å²) in [5, 5.41) is 12.8. The van der Waals surface area contributed by atoms with Crippen LogP contribution in [0.15, 0.2) is 170 Å². The average Bonchev–Trinajstić information content (AvgIpc) is 3.10. The van der Waals surface area contributed by atoms with Crippen LogP contribution in [-0.2, 0) is 0 Å². The van der Waals surface area contributed by atoms with Gasteiger partial charge < -0.3 is 0 Å². The quantitative estimate of drug-likeness (QED) is 0.150. The summed E-state index contributed by atoms with van der Waals surface area (Å²) in [5.41, 5.74) is 7.63. The molecule has 0 amide bonds. The van der Waals surface area contributed by atoms with Crippen molar-refractivity contribution in [2.24, 2.45) is 0 Å². The van der Waals surface area contributed by atoms with E-state index in [0.29, 0.717) is 0 Å². The molecule has 0 spiro atoms. The van der Waals surface area contributed by atoms with Crippen LogP contribution < -0.4 is 0 Å². The first-order valence-corrected chi connectivity index (χ1v) is 15.3. The van der Waals surface area contributed by atoms with Gasteiger partial charge in [-0.1, -0.05) is 158 Å². The molecular weight excluding hydrogens is 528 g/mol. The first-order chi connectivity index (χ1) is 21.9. The van der Waals surface area contributed by atoms with E-state index >= 15 is 0 Å². The van der Waals surface area contributed by atoms with E-state index in [2.05, 4.69) is 170 Å². The van der Waals surface area contributed by atoms with Crippen molar-refractivity contribution in [2.45, 2.75) is 0 Å². The highest BCUT2D eigenvalue weighted by molar-refractivity contribution is 6.28. The molecule has 0 aliphatic heterocycles. The molecule has 0 saturated carbocycles. The van der Waals surface area contributed by atoms with E-state index in [-0.39, 0.29) is 0 Å². The summed E-state index contributed by atoms with van der Waals surface area (Å²) < 4.78 is 0. The molecule has 0 aromatic heterocycles. The monoisotopic (exact) mass is 556 g/mol. The van der Waals surface area contributed by atoms with Crippen LogP contribution in [0.2, 0.25) is 0 Å². The number of hydrogen-bond acceptors (Lipinski definition) is 0. The van der Waals surface area contributed by atoms with Crippen LogP contribution in [0.5, 0.6) is 0 Å². The lowest BCUT2D eigenvalue weighted by molar-refractivity contribution is 1.66. The highest BCUT2D eigenvalue weighted by atomic mass is 14.2. The van der Waals surface area contributed by atoms with Crippen molar-refractivity contribution in [3.8, 4) is 33.4 Å². The van der Waals surface area contributed by atoms with Gasteiger partial charge in [-0.2, -0.15) is 0 Å². The molecule has 204 valence electrons. The molecule has 0 nitrogen and oxygen atoms in total. The van der Waals surface area contributed by atoms with Gasteiger partial charge in [0.25, 0.3) is 0 Å². The van der Waals surface area contributed by atoms with Crippen molar-refractivity contribution < 1.29 is 0 Å². The molecule has 0 saturated heterocycles. The van der Waals surface area contributed by atoms with Crippen molar-refractivity contribution >= 4 is 53.9 Å². The van der Waals surface area contributed by atoms with Crippen molar-refractivity contribution in [1.29, 1.82) is 0 Å². The molecule has 0 radical (unpaired) electrons. The Balaban J connectivity index is 1.47. The van der Waals surface area contributed by atoms with Crippen LogP contribution in [0.25, 0.3) is 87.2 Å². The lowest BCUT2D eigenvalue weighted by atomic mass is 9.83. The summed E-state index contributed by atoms with van der Waals surface area (Å²) in [7, 11) is 0. The summed E-state index contributed by atoms with van der Waals surface area (Å²) in [6.07, 6.45) is 0. The van der Waals surface area contributed by atoms with Gasteiger partial charge in [-0.25, -0.2) is 0 Å². The summed E-state index contributed by atoms with van der Waals surface area (Å²) in [6.45, 7) is 0. The van der Waals surface area contributed by atoms with Gasteiger partial charge in [-0.3, -0.25) is 0 Å². The van der Waals surface area contributed by atoms with Gasteiger partial charge in [0.1, 0.15) is 0 Å². The molecule has 9 aromatic carbocycles. The van der Waals surface area contributed by atoms with Crippen molar-refractivity contribution in [1.82, 2.24) is 0 Å². The van der Waals surface area contributed by atoms with Crippen molar-refractivity contribution in [3.05, 3.63) is 170 Å². The molecule has 0 bridgehead atoms. The van der Waals surface area contributed by atoms with E-state index in [1.165, 1.54) is 87.2 Å².